The second-order valence-corrected chi connectivity index (χ2v) is 8.60. The van der Waals surface area contributed by atoms with Gasteiger partial charge in [0, 0.05) is 0 Å². The molecule has 1 aliphatic carbocycles. The van der Waals surface area contributed by atoms with E-state index in [0.717, 1.165) is 54.6 Å². The quantitative estimate of drug-likeness (QED) is 0.722. The van der Waals surface area contributed by atoms with Crippen molar-refractivity contribution in [3.63, 3.8) is 0 Å². The van der Waals surface area contributed by atoms with Gasteiger partial charge >= 0.3 is 0 Å². The number of nitriles is 1. The van der Waals surface area contributed by atoms with Crippen LogP contribution in [0.4, 0.5) is 5.82 Å². The third-order valence-electron chi connectivity index (χ3n) is 6.76. The van der Waals surface area contributed by atoms with Crippen LogP contribution < -0.4 is 10.2 Å². The molecule has 0 bridgehead atoms. The van der Waals surface area contributed by atoms with Crippen molar-refractivity contribution in [2.75, 3.05) is 31.5 Å². The number of fused-ring (bicyclic) bond motifs is 4. The summed E-state index contributed by atoms with van der Waals surface area (Å²) in [5.41, 5.74) is 6.23. The molecule has 1 saturated heterocycles. The summed E-state index contributed by atoms with van der Waals surface area (Å²) in [6.07, 6.45) is 9.90. The van der Waals surface area contributed by atoms with Crippen LogP contribution in [0, 0.1) is 11.3 Å². The first-order valence-corrected chi connectivity index (χ1v) is 11.3. The number of hydrogen-bond donors (Lipinski definition) is 2. The van der Waals surface area contributed by atoms with Crippen LogP contribution in [0.3, 0.4) is 0 Å². The molecule has 150 valence electrons. The van der Waals surface area contributed by atoms with Crippen molar-refractivity contribution in [3.8, 4) is 6.07 Å². The average Bonchev–Trinajstić information content (AvgIpc) is 2.94. The molecule has 0 radical (unpaired) electrons. The fraction of sp³-hybridized carbons (Fsp3) is 0.500. The number of benzene rings is 1. The van der Waals surface area contributed by atoms with Gasteiger partial charge in [0.1, 0.15) is 11.9 Å². The Labute approximate surface area is 172 Å². The number of para-hydroxylation sites is 2. The van der Waals surface area contributed by atoms with E-state index in [2.05, 4.69) is 27.9 Å². The summed E-state index contributed by atoms with van der Waals surface area (Å²) in [7, 11) is 0. The summed E-state index contributed by atoms with van der Waals surface area (Å²) in [6, 6.07) is 10.7. The molecule has 0 amide bonds. The van der Waals surface area contributed by atoms with E-state index in [1.165, 1.54) is 62.1 Å². The van der Waals surface area contributed by atoms with Gasteiger partial charge in [0.05, 0.1) is 42.8 Å². The highest BCUT2D eigenvalue weighted by molar-refractivity contribution is 5.86. The van der Waals surface area contributed by atoms with Crippen LogP contribution >= 0.6 is 0 Å². The molecule has 2 aromatic heterocycles. The fourth-order valence-corrected chi connectivity index (χ4v) is 5.27. The lowest BCUT2D eigenvalue weighted by atomic mass is 9.89. The fourth-order valence-electron chi connectivity index (χ4n) is 5.27. The van der Waals surface area contributed by atoms with Gasteiger partial charge in [0.25, 0.3) is 0 Å². The summed E-state index contributed by atoms with van der Waals surface area (Å²) < 4.78 is 2.22. The van der Waals surface area contributed by atoms with Crippen LogP contribution in [0.1, 0.15) is 55.2 Å². The predicted molar refractivity (Wildman–Crippen MR) is 117 cm³/mol. The Balaban J connectivity index is 1.56. The zero-order valence-electron chi connectivity index (χ0n) is 17.1. The van der Waals surface area contributed by atoms with Gasteiger partial charge in [-0.3, -0.25) is 4.40 Å². The van der Waals surface area contributed by atoms with Crippen molar-refractivity contribution < 1.29 is 4.90 Å². The lowest BCUT2D eigenvalue weighted by molar-refractivity contribution is -0.897. The Kier molecular flexibility index (Phi) is 5.12. The first-order valence-electron chi connectivity index (χ1n) is 11.3. The number of imidazole rings is 1. The molecule has 2 aliphatic rings. The van der Waals surface area contributed by atoms with Crippen LogP contribution in [0.25, 0.3) is 16.7 Å². The highest BCUT2D eigenvalue weighted by atomic mass is 15.2. The van der Waals surface area contributed by atoms with E-state index in [1.807, 2.05) is 12.1 Å². The van der Waals surface area contributed by atoms with Crippen LogP contribution in [0.15, 0.2) is 24.3 Å². The second-order valence-electron chi connectivity index (χ2n) is 8.60. The minimum absolute atomic E-state index is 0.777. The maximum Gasteiger partial charge on any atom is 0.157 e. The van der Waals surface area contributed by atoms with Crippen molar-refractivity contribution in [2.24, 2.45) is 0 Å². The molecule has 29 heavy (non-hydrogen) atoms. The summed E-state index contributed by atoms with van der Waals surface area (Å²) >= 11 is 0. The number of aromatic nitrogens is 2. The van der Waals surface area contributed by atoms with Gasteiger partial charge in [0.2, 0.25) is 0 Å². The molecule has 0 unspecified atom stereocenters. The molecule has 3 heterocycles. The molecule has 2 N–H and O–H groups in total. The molecule has 5 nitrogen and oxygen atoms in total. The van der Waals surface area contributed by atoms with Crippen LogP contribution in [-0.2, 0) is 12.8 Å². The maximum absolute atomic E-state index is 9.95. The number of hydrogen-bond acceptors (Lipinski definition) is 3. The SMILES string of the molecule is N#Cc1c2c(c(NCC[NH+]3CCCCCC3)n3c1nc1ccccc13)CCCC2. The molecule has 5 rings (SSSR count). The number of nitrogens with zero attached hydrogens (tertiary/aromatic N) is 3. The number of rotatable bonds is 4. The Morgan fingerprint density at radius 1 is 1.00 bits per heavy atom. The molecule has 0 saturated carbocycles. The van der Waals surface area contributed by atoms with Crippen LogP contribution in [-0.4, -0.2) is 35.6 Å². The minimum atomic E-state index is 0.777. The zero-order valence-corrected chi connectivity index (χ0v) is 17.1. The summed E-state index contributed by atoms with van der Waals surface area (Å²) in [4.78, 5) is 6.59. The largest absolute Gasteiger partial charge is 0.365 e. The van der Waals surface area contributed by atoms with Crippen molar-refractivity contribution in [2.45, 2.75) is 51.4 Å². The monoisotopic (exact) mass is 388 g/mol. The lowest BCUT2D eigenvalue weighted by Crippen LogP contribution is -3.12. The number of anilines is 1. The minimum Gasteiger partial charge on any atom is -0.365 e. The molecule has 5 heteroatoms. The lowest BCUT2D eigenvalue weighted by Gasteiger charge is -2.24. The van der Waals surface area contributed by atoms with Crippen LogP contribution in [0.2, 0.25) is 0 Å². The van der Waals surface area contributed by atoms with Crippen molar-refractivity contribution in [3.05, 3.63) is 41.0 Å². The van der Waals surface area contributed by atoms with E-state index in [0.29, 0.717) is 0 Å². The van der Waals surface area contributed by atoms with E-state index in [-0.39, 0.29) is 0 Å². The normalized spacial score (nSPS) is 17.8. The van der Waals surface area contributed by atoms with Gasteiger partial charge in [-0.25, -0.2) is 4.98 Å². The molecule has 3 aromatic rings. The van der Waals surface area contributed by atoms with E-state index in [4.69, 9.17) is 4.98 Å². The first kappa shape index (κ1) is 18.4. The van der Waals surface area contributed by atoms with Gasteiger partial charge in [-0.05, 0) is 74.6 Å². The molecular weight excluding hydrogens is 358 g/mol. The highest BCUT2D eigenvalue weighted by Crippen LogP contribution is 2.35. The summed E-state index contributed by atoms with van der Waals surface area (Å²) in [6.45, 7) is 4.73. The first-order chi connectivity index (χ1) is 14.4. The van der Waals surface area contributed by atoms with Crippen molar-refractivity contribution in [1.82, 2.24) is 9.38 Å². The summed E-state index contributed by atoms with van der Waals surface area (Å²) in [5, 5.41) is 13.8. The van der Waals surface area contributed by atoms with Crippen molar-refractivity contribution >= 4 is 22.5 Å². The van der Waals surface area contributed by atoms with Gasteiger partial charge in [0.15, 0.2) is 5.65 Å². The standard InChI is InChI=1S/C24H29N5/c25-17-20-18-9-3-4-10-19(18)23(26-13-16-28-14-7-1-2-8-15-28)29-22-12-6-5-11-21(22)27-24(20)29/h5-6,11-12,26H,1-4,7-10,13-16H2/p+1. The van der Waals surface area contributed by atoms with Gasteiger partial charge in [-0.1, -0.05) is 12.1 Å². The predicted octanol–water partition coefficient (Wildman–Crippen LogP) is 3.11. The number of quaternary nitrogens is 1. The number of nitrogens with one attached hydrogen (secondary N) is 2. The molecule has 0 atom stereocenters. The Bertz CT molecular complexity index is 1070. The third kappa shape index (κ3) is 3.36. The zero-order chi connectivity index (χ0) is 19.6. The number of likely N-dealkylation sites (tertiary alicyclic amines) is 1. The molecule has 1 fully saturated rings. The third-order valence-corrected chi connectivity index (χ3v) is 6.76. The van der Waals surface area contributed by atoms with E-state index < -0.39 is 0 Å². The Hall–Kier alpha value is -2.58. The Morgan fingerprint density at radius 2 is 1.76 bits per heavy atom. The highest BCUT2D eigenvalue weighted by Gasteiger charge is 2.24. The molecular formula is C24H30N5+. The van der Waals surface area contributed by atoms with Crippen molar-refractivity contribution in [1.29, 1.82) is 5.26 Å². The van der Waals surface area contributed by atoms with Crippen LogP contribution in [0.5, 0.6) is 0 Å². The Morgan fingerprint density at radius 3 is 2.55 bits per heavy atom. The second kappa shape index (κ2) is 8.04. The smallest absolute Gasteiger partial charge is 0.157 e. The maximum atomic E-state index is 9.95. The topological polar surface area (TPSA) is 57.6 Å². The van der Waals surface area contributed by atoms with E-state index >= 15 is 0 Å². The average molecular weight is 389 g/mol. The van der Waals surface area contributed by atoms with Gasteiger partial charge in [-0.15, -0.1) is 0 Å². The number of pyridine rings is 1. The molecule has 1 aliphatic heterocycles. The van der Waals surface area contributed by atoms with Gasteiger partial charge in [-0.2, -0.15) is 5.26 Å². The van der Waals surface area contributed by atoms with E-state index in [9.17, 15) is 5.26 Å². The molecule has 0 spiro atoms. The van der Waals surface area contributed by atoms with E-state index in [1.54, 1.807) is 4.90 Å². The van der Waals surface area contributed by atoms with Gasteiger partial charge < -0.3 is 10.2 Å². The summed E-state index contributed by atoms with van der Waals surface area (Å²) in [5.74, 6) is 1.18. The molecule has 1 aromatic carbocycles.